The van der Waals surface area contributed by atoms with Gasteiger partial charge in [0.2, 0.25) is 0 Å². The molecule has 0 saturated heterocycles. The second-order valence-electron chi connectivity index (χ2n) is 4.27. The number of benzene rings is 1. The van der Waals surface area contributed by atoms with Gasteiger partial charge in [0, 0.05) is 35.5 Å². The van der Waals surface area contributed by atoms with Crippen LogP contribution in [0.3, 0.4) is 0 Å². The summed E-state index contributed by atoms with van der Waals surface area (Å²) in [5.74, 6) is -0.277. The average molecular weight is 265 g/mol. The second kappa shape index (κ2) is 5.48. The van der Waals surface area contributed by atoms with Crippen LogP contribution in [-0.4, -0.2) is 9.97 Å². The summed E-state index contributed by atoms with van der Waals surface area (Å²) in [5, 5.41) is 3.23. The molecule has 2 aromatic heterocycles. The summed E-state index contributed by atoms with van der Waals surface area (Å²) >= 11 is 0. The molecule has 0 amide bonds. The molecule has 3 rings (SSSR count). The monoisotopic (exact) mass is 265 g/mol. The minimum absolute atomic E-state index is 0.277. The Labute approximate surface area is 116 Å². The van der Waals surface area contributed by atoms with Crippen molar-refractivity contribution in [1.82, 2.24) is 9.97 Å². The topological polar surface area (TPSA) is 37.8 Å². The minimum Gasteiger partial charge on any atom is -0.355 e. The van der Waals surface area contributed by atoms with E-state index in [0.29, 0.717) is 11.3 Å². The molecular formula is C16H12FN3. The molecule has 0 aliphatic carbocycles. The van der Waals surface area contributed by atoms with Crippen molar-refractivity contribution in [2.75, 3.05) is 5.32 Å². The number of hydrogen-bond acceptors (Lipinski definition) is 3. The summed E-state index contributed by atoms with van der Waals surface area (Å²) in [4.78, 5) is 8.18. The Hall–Kier alpha value is -2.75. The van der Waals surface area contributed by atoms with E-state index in [1.807, 2.05) is 24.3 Å². The number of aromatic nitrogens is 2. The van der Waals surface area contributed by atoms with Crippen molar-refractivity contribution in [3.8, 4) is 11.3 Å². The third-order valence-electron chi connectivity index (χ3n) is 2.88. The summed E-state index contributed by atoms with van der Waals surface area (Å²) in [6.45, 7) is 0. The van der Waals surface area contributed by atoms with E-state index in [9.17, 15) is 4.39 Å². The van der Waals surface area contributed by atoms with Gasteiger partial charge in [-0.3, -0.25) is 9.97 Å². The van der Waals surface area contributed by atoms with Crippen molar-refractivity contribution in [3.05, 3.63) is 72.9 Å². The molecule has 2 heterocycles. The maximum absolute atomic E-state index is 13.8. The van der Waals surface area contributed by atoms with Crippen molar-refractivity contribution >= 4 is 11.4 Å². The van der Waals surface area contributed by atoms with Crippen LogP contribution in [0.4, 0.5) is 15.8 Å². The normalized spacial score (nSPS) is 10.2. The maximum atomic E-state index is 13.8. The highest BCUT2D eigenvalue weighted by atomic mass is 19.1. The summed E-state index contributed by atoms with van der Waals surface area (Å²) in [6.07, 6.45) is 5.08. The van der Waals surface area contributed by atoms with Crippen LogP contribution in [0.2, 0.25) is 0 Å². The third kappa shape index (κ3) is 2.64. The first-order chi connectivity index (χ1) is 9.83. The van der Waals surface area contributed by atoms with Crippen LogP contribution in [0.15, 0.2) is 67.1 Å². The number of rotatable bonds is 3. The molecule has 0 radical (unpaired) electrons. The first-order valence-electron chi connectivity index (χ1n) is 6.21. The van der Waals surface area contributed by atoms with Gasteiger partial charge < -0.3 is 5.32 Å². The lowest BCUT2D eigenvalue weighted by Crippen LogP contribution is -1.93. The minimum atomic E-state index is -0.277. The second-order valence-corrected chi connectivity index (χ2v) is 4.27. The van der Waals surface area contributed by atoms with Crippen LogP contribution in [0.25, 0.3) is 11.3 Å². The number of pyridine rings is 2. The fraction of sp³-hybridized carbons (Fsp3) is 0. The van der Waals surface area contributed by atoms with E-state index in [1.54, 1.807) is 36.8 Å². The molecular weight excluding hydrogens is 253 g/mol. The number of hydrogen-bond donors (Lipinski definition) is 1. The molecule has 0 saturated carbocycles. The van der Waals surface area contributed by atoms with Gasteiger partial charge in [-0.2, -0.15) is 0 Å². The van der Waals surface area contributed by atoms with Gasteiger partial charge in [0.15, 0.2) is 0 Å². The molecule has 4 heteroatoms. The third-order valence-corrected chi connectivity index (χ3v) is 2.88. The zero-order valence-corrected chi connectivity index (χ0v) is 10.6. The Morgan fingerprint density at radius 1 is 0.850 bits per heavy atom. The molecule has 3 aromatic rings. The summed E-state index contributed by atoms with van der Waals surface area (Å²) < 4.78 is 13.8. The van der Waals surface area contributed by atoms with Crippen LogP contribution in [0.5, 0.6) is 0 Å². The summed E-state index contributed by atoms with van der Waals surface area (Å²) in [5.41, 5.74) is 2.86. The SMILES string of the molecule is Fc1ccccc1-c1cc(Nc2ccncc2)ccn1. The van der Waals surface area contributed by atoms with Crippen molar-refractivity contribution in [1.29, 1.82) is 0 Å². The van der Waals surface area contributed by atoms with Gasteiger partial charge in [-0.05, 0) is 36.4 Å². The molecule has 0 aliphatic heterocycles. The molecule has 0 fully saturated rings. The van der Waals surface area contributed by atoms with E-state index in [1.165, 1.54) is 6.07 Å². The van der Waals surface area contributed by atoms with E-state index in [2.05, 4.69) is 15.3 Å². The Morgan fingerprint density at radius 2 is 1.60 bits per heavy atom. The first kappa shape index (κ1) is 12.3. The number of anilines is 2. The van der Waals surface area contributed by atoms with Gasteiger partial charge in [0.05, 0.1) is 5.69 Å². The Morgan fingerprint density at radius 3 is 2.40 bits per heavy atom. The van der Waals surface area contributed by atoms with Crippen LogP contribution < -0.4 is 5.32 Å². The number of halogens is 1. The highest BCUT2D eigenvalue weighted by molar-refractivity contribution is 5.67. The van der Waals surface area contributed by atoms with E-state index >= 15 is 0 Å². The van der Waals surface area contributed by atoms with E-state index < -0.39 is 0 Å². The van der Waals surface area contributed by atoms with Gasteiger partial charge in [-0.25, -0.2) is 4.39 Å². The lowest BCUT2D eigenvalue weighted by atomic mass is 10.1. The van der Waals surface area contributed by atoms with Gasteiger partial charge in [0.25, 0.3) is 0 Å². The standard InChI is InChI=1S/C16H12FN3/c17-15-4-2-1-3-14(15)16-11-13(7-10-19-16)20-12-5-8-18-9-6-12/h1-11H,(H,18,19,20). The van der Waals surface area contributed by atoms with Crippen molar-refractivity contribution in [3.63, 3.8) is 0 Å². The van der Waals surface area contributed by atoms with Crippen LogP contribution in [0.1, 0.15) is 0 Å². The molecule has 1 N–H and O–H groups in total. The Bertz CT molecular complexity index is 714. The number of nitrogens with zero attached hydrogens (tertiary/aromatic N) is 2. The smallest absolute Gasteiger partial charge is 0.132 e. The predicted octanol–water partition coefficient (Wildman–Crippen LogP) is 4.03. The maximum Gasteiger partial charge on any atom is 0.132 e. The lowest BCUT2D eigenvalue weighted by Gasteiger charge is -2.08. The Kier molecular flexibility index (Phi) is 3.37. The van der Waals surface area contributed by atoms with E-state index in [4.69, 9.17) is 0 Å². The number of nitrogens with one attached hydrogen (secondary N) is 1. The van der Waals surface area contributed by atoms with Crippen molar-refractivity contribution in [2.24, 2.45) is 0 Å². The molecule has 0 bridgehead atoms. The zero-order chi connectivity index (χ0) is 13.8. The largest absolute Gasteiger partial charge is 0.355 e. The van der Waals surface area contributed by atoms with Crippen molar-refractivity contribution < 1.29 is 4.39 Å². The fourth-order valence-corrected chi connectivity index (χ4v) is 1.93. The van der Waals surface area contributed by atoms with Crippen molar-refractivity contribution in [2.45, 2.75) is 0 Å². The highest BCUT2D eigenvalue weighted by Crippen LogP contribution is 2.24. The van der Waals surface area contributed by atoms with Crippen LogP contribution >= 0.6 is 0 Å². The van der Waals surface area contributed by atoms with Gasteiger partial charge in [0.1, 0.15) is 5.82 Å². The fourth-order valence-electron chi connectivity index (χ4n) is 1.93. The van der Waals surface area contributed by atoms with Gasteiger partial charge >= 0.3 is 0 Å². The van der Waals surface area contributed by atoms with E-state index in [0.717, 1.165) is 11.4 Å². The van der Waals surface area contributed by atoms with Gasteiger partial charge in [-0.1, -0.05) is 12.1 Å². The summed E-state index contributed by atoms with van der Waals surface area (Å²) in [7, 11) is 0. The molecule has 0 aliphatic rings. The average Bonchev–Trinajstić information content (AvgIpc) is 2.49. The molecule has 0 unspecified atom stereocenters. The molecule has 3 nitrogen and oxygen atoms in total. The van der Waals surface area contributed by atoms with Crippen LogP contribution in [-0.2, 0) is 0 Å². The zero-order valence-electron chi connectivity index (χ0n) is 10.6. The highest BCUT2D eigenvalue weighted by Gasteiger charge is 2.06. The Balaban J connectivity index is 1.92. The quantitative estimate of drug-likeness (QED) is 0.777. The molecule has 98 valence electrons. The lowest BCUT2D eigenvalue weighted by molar-refractivity contribution is 0.631. The molecule has 1 aromatic carbocycles. The molecule has 20 heavy (non-hydrogen) atoms. The summed E-state index contributed by atoms with van der Waals surface area (Å²) in [6, 6.07) is 14.0. The van der Waals surface area contributed by atoms with Crippen LogP contribution in [0, 0.1) is 5.82 Å². The van der Waals surface area contributed by atoms with E-state index in [-0.39, 0.29) is 5.82 Å². The molecule has 0 atom stereocenters. The van der Waals surface area contributed by atoms with Gasteiger partial charge in [-0.15, -0.1) is 0 Å². The predicted molar refractivity (Wildman–Crippen MR) is 77.2 cm³/mol. The molecule has 0 spiro atoms. The first-order valence-corrected chi connectivity index (χ1v) is 6.21.